The average Bonchev–Trinajstić information content (AvgIpc) is 2.79. The Balaban J connectivity index is 2.09. The molecule has 1 atom stereocenters. The molecule has 1 aromatic carbocycles. The van der Waals surface area contributed by atoms with Gasteiger partial charge in [0.2, 0.25) is 0 Å². The van der Waals surface area contributed by atoms with Crippen molar-refractivity contribution in [1.82, 2.24) is 10.2 Å². The van der Waals surface area contributed by atoms with Crippen LogP contribution >= 0.6 is 11.6 Å². The van der Waals surface area contributed by atoms with Crippen molar-refractivity contribution in [3.63, 3.8) is 0 Å². The van der Waals surface area contributed by atoms with E-state index >= 15 is 0 Å². The summed E-state index contributed by atoms with van der Waals surface area (Å²) in [6.07, 6.45) is 0. The molecule has 0 aliphatic rings. The standard InChI is InChI=1S/C17H23ClN2O/c1-12(16-7-5-6-8-17(16)18)20(4)11-15-9-14(10-19-3)13(2)21-15/h5-9,12,19H,10-11H2,1-4H3. The number of rotatable bonds is 6. The van der Waals surface area contributed by atoms with Gasteiger partial charge >= 0.3 is 0 Å². The SMILES string of the molecule is CNCc1cc(CN(C)C(C)c2ccccc2Cl)oc1C. The number of nitrogens with zero attached hydrogens (tertiary/aromatic N) is 1. The highest BCUT2D eigenvalue weighted by Crippen LogP contribution is 2.27. The topological polar surface area (TPSA) is 28.4 Å². The van der Waals surface area contributed by atoms with Crippen LogP contribution in [0.15, 0.2) is 34.7 Å². The third-order valence-electron chi connectivity index (χ3n) is 3.86. The summed E-state index contributed by atoms with van der Waals surface area (Å²) in [6, 6.07) is 10.3. The summed E-state index contributed by atoms with van der Waals surface area (Å²) < 4.78 is 5.84. The summed E-state index contributed by atoms with van der Waals surface area (Å²) in [7, 11) is 4.03. The van der Waals surface area contributed by atoms with Crippen molar-refractivity contribution in [3.05, 3.63) is 58.0 Å². The zero-order chi connectivity index (χ0) is 15.4. The van der Waals surface area contributed by atoms with Crippen LogP contribution in [0.1, 0.15) is 35.6 Å². The van der Waals surface area contributed by atoms with Crippen LogP contribution in [0.2, 0.25) is 5.02 Å². The van der Waals surface area contributed by atoms with Gasteiger partial charge in [-0.25, -0.2) is 0 Å². The third-order valence-corrected chi connectivity index (χ3v) is 4.20. The molecule has 1 unspecified atom stereocenters. The van der Waals surface area contributed by atoms with E-state index < -0.39 is 0 Å². The quantitative estimate of drug-likeness (QED) is 0.869. The maximum Gasteiger partial charge on any atom is 0.118 e. The second-order valence-corrected chi connectivity index (χ2v) is 5.84. The van der Waals surface area contributed by atoms with Gasteiger partial charge in [-0.05, 0) is 45.6 Å². The van der Waals surface area contributed by atoms with Crippen LogP contribution in [0.4, 0.5) is 0 Å². The van der Waals surface area contributed by atoms with Gasteiger partial charge in [0, 0.05) is 23.2 Å². The minimum absolute atomic E-state index is 0.233. The van der Waals surface area contributed by atoms with Crippen molar-refractivity contribution in [2.75, 3.05) is 14.1 Å². The normalized spacial score (nSPS) is 12.9. The minimum atomic E-state index is 0.233. The molecule has 0 bridgehead atoms. The fraction of sp³-hybridized carbons (Fsp3) is 0.412. The highest BCUT2D eigenvalue weighted by molar-refractivity contribution is 6.31. The number of nitrogens with one attached hydrogen (secondary N) is 1. The monoisotopic (exact) mass is 306 g/mol. The third kappa shape index (κ3) is 3.88. The lowest BCUT2D eigenvalue weighted by Gasteiger charge is -2.24. The summed E-state index contributed by atoms with van der Waals surface area (Å²) in [5.74, 6) is 1.97. The minimum Gasteiger partial charge on any atom is -0.465 e. The Bertz CT molecular complexity index is 594. The maximum absolute atomic E-state index is 6.28. The average molecular weight is 307 g/mol. The molecule has 21 heavy (non-hydrogen) atoms. The van der Waals surface area contributed by atoms with Crippen molar-refractivity contribution < 1.29 is 4.42 Å². The van der Waals surface area contributed by atoms with Gasteiger partial charge in [0.25, 0.3) is 0 Å². The Labute approximate surface area is 131 Å². The van der Waals surface area contributed by atoms with E-state index in [0.29, 0.717) is 0 Å². The van der Waals surface area contributed by atoms with E-state index in [1.54, 1.807) is 0 Å². The predicted molar refractivity (Wildman–Crippen MR) is 87.5 cm³/mol. The van der Waals surface area contributed by atoms with Crippen molar-refractivity contribution in [2.24, 2.45) is 0 Å². The fourth-order valence-corrected chi connectivity index (χ4v) is 2.76. The Morgan fingerprint density at radius 3 is 2.71 bits per heavy atom. The van der Waals surface area contributed by atoms with E-state index in [1.807, 2.05) is 32.2 Å². The summed E-state index contributed by atoms with van der Waals surface area (Å²) in [5.41, 5.74) is 2.35. The molecule has 0 radical (unpaired) electrons. The number of hydrogen-bond donors (Lipinski definition) is 1. The Kier molecular flexibility index (Phi) is 5.45. The molecule has 4 heteroatoms. The molecule has 0 aliphatic heterocycles. The number of benzene rings is 1. The van der Waals surface area contributed by atoms with Crippen molar-refractivity contribution in [2.45, 2.75) is 33.0 Å². The second kappa shape index (κ2) is 7.12. The van der Waals surface area contributed by atoms with Gasteiger partial charge < -0.3 is 9.73 Å². The van der Waals surface area contributed by atoms with Gasteiger partial charge in [-0.2, -0.15) is 0 Å². The van der Waals surface area contributed by atoms with Crippen molar-refractivity contribution in [1.29, 1.82) is 0 Å². The molecular formula is C17H23ClN2O. The summed E-state index contributed by atoms with van der Waals surface area (Å²) in [5, 5.41) is 3.97. The lowest BCUT2D eigenvalue weighted by Crippen LogP contribution is -2.21. The first-order valence-electron chi connectivity index (χ1n) is 7.20. The van der Waals surface area contributed by atoms with E-state index in [1.165, 1.54) is 5.56 Å². The van der Waals surface area contributed by atoms with Gasteiger partial charge in [0.15, 0.2) is 0 Å². The van der Waals surface area contributed by atoms with Crippen LogP contribution < -0.4 is 5.32 Å². The number of aryl methyl sites for hydroxylation is 1. The molecule has 0 saturated heterocycles. The van der Waals surface area contributed by atoms with E-state index in [2.05, 4.69) is 36.3 Å². The van der Waals surface area contributed by atoms with Crippen molar-refractivity contribution >= 4 is 11.6 Å². The second-order valence-electron chi connectivity index (χ2n) is 5.44. The van der Waals surface area contributed by atoms with Gasteiger partial charge in [-0.3, -0.25) is 4.90 Å². The van der Waals surface area contributed by atoms with Crippen LogP contribution in [0.5, 0.6) is 0 Å². The molecule has 2 aromatic rings. The van der Waals surface area contributed by atoms with Crippen LogP contribution in [0, 0.1) is 6.92 Å². The van der Waals surface area contributed by atoms with Gasteiger partial charge in [0.1, 0.15) is 11.5 Å². The first-order valence-corrected chi connectivity index (χ1v) is 7.58. The molecule has 0 aliphatic carbocycles. The van der Waals surface area contributed by atoms with Crippen LogP contribution in [0.25, 0.3) is 0 Å². The highest BCUT2D eigenvalue weighted by Gasteiger charge is 2.16. The molecule has 1 heterocycles. The van der Waals surface area contributed by atoms with Crippen LogP contribution in [-0.2, 0) is 13.1 Å². The van der Waals surface area contributed by atoms with E-state index in [4.69, 9.17) is 16.0 Å². The summed E-state index contributed by atoms with van der Waals surface area (Å²) in [4.78, 5) is 2.24. The van der Waals surface area contributed by atoms with Gasteiger partial charge in [-0.1, -0.05) is 29.8 Å². The Morgan fingerprint density at radius 1 is 1.33 bits per heavy atom. The molecule has 0 spiro atoms. The molecule has 0 saturated carbocycles. The van der Waals surface area contributed by atoms with Crippen LogP contribution in [-0.4, -0.2) is 19.0 Å². The number of halogens is 1. The first-order chi connectivity index (χ1) is 10.0. The molecule has 3 nitrogen and oxygen atoms in total. The molecule has 114 valence electrons. The lowest BCUT2D eigenvalue weighted by molar-refractivity contribution is 0.231. The molecule has 1 aromatic heterocycles. The predicted octanol–water partition coefficient (Wildman–Crippen LogP) is 4.15. The zero-order valence-electron chi connectivity index (χ0n) is 13.1. The van der Waals surface area contributed by atoms with Gasteiger partial charge in [0.05, 0.1) is 6.54 Å². The molecule has 0 fully saturated rings. The van der Waals surface area contributed by atoms with Crippen molar-refractivity contribution in [3.8, 4) is 0 Å². The molecule has 2 rings (SSSR count). The fourth-order valence-electron chi connectivity index (χ4n) is 2.47. The van der Waals surface area contributed by atoms with E-state index in [9.17, 15) is 0 Å². The number of hydrogen-bond acceptors (Lipinski definition) is 3. The van der Waals surface area contributed by atoms with Crippen LogP contribution in [0.3, 0.4) is 0 Å². The Hall–Kier alpha value is -1.29. The summed E-state index contributed by atoms with van der Waals surface area (Å²) in [6.45, 7) is 5.76. The highest BCUT2D eigenvalue weighted by atomic mass is 35.5. The number of furan rings is 1. The molecule has 0 amide bonds. The van der Waals surface area contributed by atoms with E-state index in [-0.39, 0.29) is 6.04 Å². The smallest absolute Gasteiger partial charge is 0.118 e. The lowest BCUT2D eigenvalue weighted by atomic mass is 10.1. The maximum atomic E-state index is 6.28. The Morgan fingerprint density at radius 2 is 2.05 bits per heavy atom. The van der Waals surface area contributed by atoms with E-state index in [0.717, 1.165) is 35.2 Å². The summed E-state index contributed by atoms with van der Waals surface area (Å²) >= 11 is 6.28. The molecular weight excluding hydrogens is 284 g/mol. The first kappa shape index (κ1) is 16.1. The zero-order valence-corrected chi connectivity index (χ0v) is 13.9. The molecule has 1 N–H and O–H groups in total. The van der Waals surface area contributed by atoms with Gasteiger partial charge in [-0.15, -0.1) is 0 Å². The largest absolute Gasteiger partial charge is 0.465 e.